The summed E-state index contributed by atoms with van der Waals surface area (Å²) in [5.74, 6) is 0. The third-order valence-electron chi connectivity index (χ3n) is 3.75. The van der Waals surface area contributed by atoms with E-state index in [2.05, 4.69) is 4.90 Å². The Hall–Kier alpha value is -1.19. The van der Waals surface area contributed by atoms with E-state index in [1.165, 1.54) is 0 Å². The van der Waals surface area contributed by atoms with Crippen LogP contribution >= 0.6 is 0 Å². The minimum Gasteiger partial charge on any atom is -0.385 e. The smallest absolute Gasteiger partial charge is 0.198 e. The molecule has 3 nitrogen and oxygen atoms in total. The van der Waals surface area contributed by atoms with Gasteiger partial charge in [0.25, 0.3) is 0 Å². The van der Waals surface area contributed by atoms with Crippen molar-refractivity contribution in [3.8, 4) is 0 Å². The van der Waals surface area contributed by atoms with Crippen LogP contribution in [0.15, 0.2) is 30.3 Å². The van der Waals surface area contributed by atoms with Crippen LogP contribution in [0.3, 0.4) is 0 Å². The maximum Gasteiger partial charge on any atom is 0.198 e. The maximum absolute atomic E-state index is 10.6. The fourth-order valence-corrected chi connectivity index (χ4v) is 2.56. The van der Waals surface area contributed by atoms with Gasteiger partial charge in [0, 0.05) is 19.5 Å². The average molecular weight is 246 g/mol. The minimum absolute atomic E-state index is 0.513. The molecule has 1 aliphatic rings. The molecule has 18 heavy (non-hydrogen) atoms. The van der Waals surface area contributed by atoms with Gasteiger partial charge in [0.1, 0.15) is 0 Å². The molecule has 1 heterocycles. The van der Waals surface area contributed by atoms with E-state index in [4.69, 9.17) is 0 Å². The number of aliphatic hydroxyl groups is 1. The normalized spacial score (nSPS) is 19.6. The van der Waals surface area contributed by atoms with Crippen LogP contribution in [-0.2, 0) is 10.4 Å². The number of hydrogen-bond acceptors (Lipinski definition) is 3. The molecule has 1 fully saturated rings. The number of rotatable bonds is 5. The zero-order chi connectivity index (χ0) is 12.8. The van der Waals surface area contributed by atoms with Crippen molar-refractivity contribution in [1.82, 2.24) is 4.90 Å². The highest BCUT2D eigenvalue weighted by Crippen LogP contribution is 2.32. The van der Waals surface area contributed by atoms with Crippen molar-refractivity contribution in [2.24, 2.45) is 0 Å². The average Bonchev–Trinajstić information content (AvgIpc) is 2.42. The number of hydrogen-bond donors (Lipinski definition) is 1. The summed E-state index contributed by atoms with van der Waals surface area (Å²) in [6, 6.07) is 9.91. The van der Waals surface area contributed by atoms with Crippen molar-refractivity contribution < 1.29 is 9.90 Å². The molecule has 0 unspecified atom stereocenters. The first-order valence-electron chi connectivity index (χ1n) is 6.60. The Kier molecular flexibility index (Phi) is 4.50. The van der Waals surface area contributed by atoms with Gasteiger partial charge in [-0.2, -0.15) is 0 Å². The number of nitrogens with zero attached hydrogens (tertiary/aromatic N) is 1. The highest BCUT2D eigenvalue weighted by Gasteiger charge is 2.33. The highest BCUT2D eigenvalue weighted by molar-refractivity contribution is 5.50. The van der Waals surface area contributed by atoms with Crippen LogP contribution in [0.1, 0.15) is 31.2 Å². The zero-order valence-corrected chi connectivity index (χ0v) is 10.6. The van der Waals surface area contributed by atoms with E-state index in [1.807, 2.05) is 36.6 Å². The third kappa shape index (κ3) is 3.18. The van der Waals surface area contributed by atoms with Crippen molar-refractivity contribution in [2.45, 2.75) is 31.3 Å². The Balaban J connectivity index is 1.87. The standard InChI is InChI=1S/C15H20NO2/c17-13-5-4-10-16-11-8-15(18,9-12-16)14-6-2-1-3-7-14/h1-3,6-7,18H,4-5,8-12H2. The largest absolute Gasteiger partial charge is 0.385 e. The van der Waals surface area contributed by atoms with Crippen molar-refractivity contribution in [3.63, 3.8) is 0 Å². The van der Waals surface area contributed by atoms with Crippen LogP contribution in [0.2, 0.25) is 0 Å². The van der Waals surface area contributed by atoms with Gasteiger partial charge in [-0.15, -0.1) is 0 Å². The van der Waals surface area contributed by atoms with Crippen molar-refractivity contribution >= 4 is 6.29 Å². The summed E-state index contributed by atoms with van der Waals surface area (Å²) in [5.41, 5.74) is 0.347. The van der Waals surface area contributed by atoms with E-state index in [0.717, 1.165) is 44.5 Å². The second kappa shape index (κ2) is 6.12. The van der Waals surface area contributed by atoms with E-state index in [-0.39, 0.29) is 0 Å². The van der Waals surface area contributed by atoms with Gasteiger partial charge in [0.05, 0.1) is 5.60 Å². The topological polar surface area (TPSA) is 40.5 Å². The Morgan fingerprint density at radius 3 is 2.50 bits per heavy atom. The van der Waals surface area contributed by atoms with Crippen LogP contribution in [0.4, 0.5) is 0 Å². The van der Waals surface area contributed by atoms with Gasteiger partial charge < -0.3 is 10.0 Å². The van der Waals surface area contributed by atoms with Gasteiger partial charge in [0.2, 0.25) is 0 Å². The third-order valence-corrected chi connectivity index (χ3v) is 3.75. The second-order valence-electron chi connectivity index (χ2n) is 4.99. The molecule has 1 aromatic rings. The fourth-order valence-electron chi connectivity index (χ4n) is 2.56. The van der Waals surface area contributed by atoms with E-state index < -0.39 is 5.60 Å². The predicted molar refractivity (Wildman–Crippen MR) is 70.9 cm³/mol. The van der Waals surface area contributed by atoms with Crippen LogP contribution in [0, 0.1) is 0 Å². The monoisotopic (exact) mass is 246 g/mol. The van der Waals surface area contributed by atoms with Gasteiger partial charge in [-0.25, -0.2) is 0 Å². The molecule has 0 saturated carbocycles. The molecular formula is C15H20NO2. The van der Waals surface area contributed by atoms with Gasteiger partial charge in [-0.05, 0) is 31.4 Å². The first-order valence-corrected chi connectivity index (χ1v) is 6.60. The lowest BCUT2D eigenvalue weighted by atomic mass is 9.84. The van der Waals surface area contributed by atoms with E-state index in [1.54, 1.807) is 0 Å². The summed E-state index contributed by atoms with van der Waals surface area (Å²) >= 11 is 0. The van der Waals surface area contributed by atoms with Gasteiger partial charge in [0.15, 0.2) is 6.29 Å². The van der Waals surface area contributed by atoms with E-state index >= 15 is 0 Å². The lowest BCUT2D eigenvalue weighted by molar-refractivity contribution is -0.0259. The number of carbonyl (C=O) groups excluding carboxylic acids is 1. The molecule has 2 rings (SSSR count). The van der Waals surface area contributed by atoms with Crippen molar-refractivity contribution in [2.75, 3.05) is 19.6 Å². The maximum atomic E-state index is 10.6. The van der Waals surface area contributed by atoms with Crippen molar-refractivity contribution in [3.05, 3.63) is 35.9 Å². The van der Waals surface area contributed by atoms with Crippen LogP contribution in [-0.4, -0.2) is 35.9 Å². The Bertz CT molecular complexity index is 369. The lowest BCUT2D eigenvalue weighted by Crippen LogP contribution is -2.42. The molecule has 0 aromatic heterocycles. The molecule has 0 aliphatic carbocycles. The van der Waals surface area contributed by atoms with Crippen LogP contribution in [0.5, 0.6) is 0 Å². The van der Waals surface area contributed by atoms with Gasteiger partial charge in [-0.1, -0.05) is 30.3 Å². The molecule has 1 saturated heterocycles. The summed E-state index contributed by atoms with van der Waals surface area (Å²) < 4.78 is 0. The summed E-state index contributed by atoms with van der Waals surface area (Å²) in [6.07, 6.45) is 4.84. The predicted octanol–water partition coefficient (Wildman–Crippen LogP) is 1.86. The Morgan fingerprint density at radius 2 is 1.89 bits per heavy atom. The molecule has 3 heteroatoms. The summed E-state index contributed by atoms with van der Waals surface area (Å²) in [5, 5.41) is 10.6. The molecule has 0 amide bonds. The quantitative estimate of drug-likeness (QED) is 0.806. The Labute approximate surface area is 108 Å². The molecule has 1 radical (unpaired) electrons. The fraction of sp³-hybridized carbons (Fsp3) is 0.533. The summed E-state index contributed by atoms with van der Waals surface area (Å²) in [7, 11) is 0. The van der Waals surface area contributed by atoms with Gasteiger partial charge >= 0.3 is 0 Å². The van der Waals surface area contributed by atoms with Crippen LogP contribution in [0.25, 0.3) is 0 Å². The number of benzene rings is 1. The summed E-state index contributed by atoms with van der Waals surface area (Å²) in [4.78, 5) is 12.5. The number of unbranched alkanes of at least 4 members (excludes halogenated alkanes) is 1. The molecule has 97 valence electrons. The van der Waals surface area contributed by atoms with Crippen molar-refractivity contribution in [1.29, 1.82) is 0 Å². The molecule has 0 spiro atoms. The van der Waals surface area contributed by atoms with E-state index in [0.29, 0.717) is 6.42 Å². The first-order chi connectivity index (χ1) is 8.74. The molecular weight excluding hydrogens is 226 g/mol. The summed E-state index contributed by atoms with van der Waals surface area (Å²) in [6.45, 7) is 2.72. The Morgan fingerprint density at radius 1 is 1.22 bits per heavy atom. The number of likely N-dealkylation sites (tertiary alicyclic amines) is 1. The number of piperidine rings is 1. The minimum atomic E-state index is -0.672. The first kappa shape index (κ1) is 13.2. The van der Waals surface area contributed by atoms with Gasteiger partial charge in [-0.3, -0.25) is 4.79 Å². The van der Waals surface area contributed by atoms with Crippen LogP contribution < -0.4 is 0 Å². The molecule has 1 aromatic carbocycles. The highest BCUT2D eigenvalue weighted by atomic mass is 16.3. The SMILES string of the molecule is O=[C]CCCN1CCC(O)(c2ccccc2)CC1. The molecule has 1 N–H and O–H groups in total. The zero-order valence-electron chi connectivity index (χ0n) is 10.6. The second-order valence-corrected chi connectivity index (χ2v) is 4.99. The van der Waals surface area contributed by atoms with E-state index in [9.17, 15) is 9.90 Å². The lowest BCUT2D eigenvalue weighted by Gasteiger charge is -2.38. The molecule has 0 bridgehead atoms. The molecule has 1 aliphatic heterocycles. The molecule has 0 atom stereocenters.